The Morgan fingerprint density at radius 1 is 1.30 bits per heavy atom. The molecule has 0 bridgehead atoms. The molecule has 4 heteroatoms. The van der Waals surface area contributed by atoms with E-state index in [0.29, 0.717) is 13.1 Å². The highest BCUT2D eigenvalue weighted by Gasteiger charge is 2.37. The van der Waals surface area contributed by atoms with Gasteiger partial charge in [0, 0.05) is 18.5 Å². The van der Waals surface area contributed by atoms with Crippen LogP contribution in [0.15, 0.2) is 30.3 Å². The summed E-state index contributed by atoms with van der Waals surface area (Å²) in [4.78, 5) is 14.6. The SMILES string of the molecule is CC1(C(=O)N(CCO)Cc2ccccc2)CCNCC1. The van der Waals surface area contributed by atoms with Crippen molar-refractivity contribution in [2.45, 2.75) is 26.3 Å². The number of hydrogen-bond acceptors (Lipinski definition) is 3. The van der Waals surface area contributed by atoms with Gasteiger partial charge in [0.2, 0.25) is 5.91 Å². The number of hydrogen-bond donors (Lipinski definition) is 2. The van der Waals surface area contributed by atoms with Gasteiger partial charge in [-0.15, -0.1) is 0 Å². The highest BCUT2D eigenvalue weighted by Crippen LogP contribution is 2.30. The lowest BCUT2D eigenvalue weighted by Crippen LogP contribution is -2.48. The minimum absolute atomic E-state index is 0.00685. The van der Waals surface area contributed by atoms with Crippen LogP contribution in [0.5, 0.6) is 0 Å². The third-order valence-electron chi connectivity index (χ3n) is 4.10. The van der Waals surface area contributed by atoms with Gasteiger partial charge in [-0.3, -0.25) is 4.79 Å². The molecule has 1 fully saturated rings. The highest BCUT2D eigenvalue weighted by atomic mass is 16.3. The van der Waals surface area contributed by atoms with Crippen molar-refractivity contribution in [2.24, 2.45) is 5.41 Å². The van der Waals surface area contributed by atoms with Gasteiger partial charge in [0.05, 0.1) is 6.61 Å². The second-order valence-corrected chi connectivity index (χ2v) is 5.75. The Bertz CT molecular complexity index is 427. The second-order valence-electron chi connectivity index (χ2n) is 5.75. The van der Waals surface area contributed by atoms with Gasteiger partial charge in [0.1, 0.15) is 0 Å². The normalized spacial score (nSPS) is 17.7. The molecule has 1 amide bonds. The van der Waals surface area contributed by atoms with Gasteiger partial charge in [-0.1, -0.05) is 37.3 Å². The number of nitrogens with zero attached hydrogens (tertiary/aromatic N) is 1. The van der Waals surface area contributed by atoms with Crippen molar-refractivity contribution in [1.82, 2.24) is 10.2 Å². The largest absolute Gasteiger partial charge is 0.395 e. The van der Waals surface area contributed by atoms with E-state index in [1.54, 1.807) is 4.90 Å². The molecule has 0 aliphatic carbocycles. The molecule has 20 heavy (non-hydrogen) atoms. The van der Waals surface area contributed by atoms with Gasteiger partial charge in [-0.2, -0.15) is 0 Å². The Labute approximate surface area is 120 Å². The molecule has 0 atom stereocenters. The third kappa shape index (κ3) is 3.58. The molecule has 0 unspecified atom stereocenters. The van der Waals surface area contributed by atoms with Crippen molar-refractivity contribution >= 4 is 5.91 Å². The summed E-state index contributed by atoms with van der Waals surface area (Å²) in [5, 5.41) is 12.5. The van der Waals surface area contributed by atoms with Crippen LogP contribution in [0.25, 0.3) is 0 Å². The van der Waals surface area contributed by atoms with Gasteiger partial charge in [-0.25, -0.2) is 0 Å². The van der Waals surface area contributed by atoms with Crippen LogP contribution in [-0.2, 0) is 11.3 Å². The molecule has 0 spiro atoms. The van der Waals surface area contributed by atoms with Crippen LogP contribution < -0.4 is 5.32 Å². The molecule has 1 aliphatic heterocycles. The predicted molar refractivity (Wildman–Crippen MR) is 79.2 cm³/mol. The molecule has 110 valence electrons. The van der Waals surface area contributed by atoms with Crippen LogP contribution in [0, 0.1) is 5.41 Å². The van der Waals surface area contributed by atoms with E-state index in [1.807, 2.05) is 37.3 Å². The molecule has 1 aliphatic rings. The Balaban J connectivity index is 2.09. The van der Waals surface area contributed by atoms with E-state index in [2.05, 4.69) is 5.32 Å². The summed E-state index contributed by atoms with van der Waals surface area (Å²) in [5.41, 5.74) is 0.807. The third-order valence-corrected chi connectivity index (χ3v) is 4.10. The van der Waals surface area contributed by atoms with Crippen LogP contribution in [0.3, 0.4) is 0 Å². The molecule has 0 aromatic heterocycles. The lowest BCUT2D eigenvalue weighted by Gasteiger charge is -2.37. The lowest BCUT2D eigenvalue weighted by atomic mass is 9.79. The number of benzene rings is 1. The van der Waals surface area contributed by atoms with Gasteiger partial charge < -0.3 is 15.3 Å². The fraction of sp³-hybridized carbons (Fsp3) is 0.562. The fourth-order valence-corrected chi connectivity index (χ4v) is 2.75. The maximum absolute atomic E-state index is 12.8. The summed E-state index contributed by atoms with van der Waals surface area (Å²) in [7, 11) is 0. The van der Waals surface area contributed by atoms with Gasteiger partial charge in [-0.05, 0) is 31.5 Å². The lowest BCUT2D eigenvalue weighted by molar-refractivity contribution is -0.144. The average Bonchev–Trinajstić information content (AvgIpc) is 2.48. The van der Waals surface area contributed by atoms with Crippen LogP contribution in [0.2, 0.25) is 0 Å². The molecule has 0 saturated carbocycles. The number of nitrogens with one attached hydrogen (secondary N) is 1. The van der Waals surface area contributed by atoms with Crippen molar-refractivity contribution in [3.05, 3.63) is 35.9 Å². The number of carbonyl (C=O) groups excluding carboxylic acids is 1. The first-order valence-electron chi connectivity index (χ1n) is 7.30. The molecular weight excluding hydrogens is 252 g/mol. The Morgan fingerprint density at radius 3 is 2.55 bits per heavy atom. The van der Waals surface area contributed by atoms with E-state index in [1.165, 1.54) is 0 Å². The first kappa shape index (κ1) is 15.0. The minimum atomic E-state index is -0.296. The number of aliphatic hydroxyl groups is 1. The maximum Gasteiger partial charge on any atom is 0.228 e. The van der Waals surface area contributed by atoms with Gasteiger partial charge >= 0.3 is 0 Å². The first-order chi connectivity index (χ1) is 9.65. The van der Waals surface area contributed by atoms with Crippen LogP contribution in [-0.4, -0.2) is 42.2 Å². The zero-order valence-corrected chi connectivity index (χ0v) is 12.1. The smallest absolute Gasteiger partial charge is 0.228 e. The number of amides is 1. The summed E-state index contributed by atoms with van der Waals surface area (Å²) in [6.45, 7) is 4.81. The van der Waals surface area contributed by atoms with Crippen molar-refractivity contribution in [3.8, 4) is 0 Å². The van der Waals surface area contributed by atoms with Crippen molar-refractivity contribution in [3.63, 3.8) is 0 Å². The molecule has 2 N–H and O–H groups in total. The zero-order valence-electron chi connectivity index (χ0n) is 12.1. The van der Waals surface area contributed by atoms with E-state index in [4.69, 9.17) is 0 Å². The number of piperidine rings is 1. The maximum atomic E-state index is 12.8. The fourth-order valence-electron chi connectivity index (χ4n) is 2.75. The van der Waals surface area contributed by atoms with E-state index >= 15 is 0 Å². The van der Waals surface area contributed by atoms with E-state index in [0.717, 1.165) is 31.5 Å². The zero-order chi connectivity index (χ0) is 14.4. The molecule has 0 radical (unpaired) electrons. The minimum Gasteiger partial charge on any atom is -0.395 e. The molecule has 1 aromatic rings. The van der Waals surface area contributed by atoms with E-state index < -0.39 is 0 Å². The summed E-state index contributed by atoms with van der Waals surface area (Å²) < 4.78 is 0. The molecule has 2 rings (SSSR count). The van der Waals surface area contributed by atoms with E-state index in [9.17, 15) is 9.90 Å². The summed E-state index contributed by atoms with van der Waals surface area (Å²) in [6, 6.07) is 9.95. The van der Waals surface area contributed by atoms with Crippen molar-refractivity contribution in [1.29, 1.82) is 0 Å². The average molecular weight is 276 g/mol. The highest BCUT2D eigenvalue weighted by molar-refractivity contribution is 5.82. The number of carbonyl (C=O) groups is 1. The van der Waals surface area contributed by atoms with E-state index in [-0.39, 0.29) is 17.9 Å². The molecule has 1 aromatic carbocycles. The van der Waals surface area contributed by atoms with Crippen LogP contribution in [0.4, 0.5) is 0 Å². The summed E-state index contributed by atoms with van der Waals surface area (Å²) in [6.07, 6.45) is 1.73. The van der Waals surface area contributed by atoms with Crippen molar-refractivity contribution < 1.29 is 9.90 Å². The van der Waals surface area contributed by atoms with Crippen molar-refractivity contribution in [2.75, 3.05) is 26.2 Å². The number of rotatable bonds is 5. The quantitative estimate of drug-likeness (QED) is 0.854. The van der Waals surface area contributed by atoms with Gasteiger partial charge in [0.15, 0.2) is 0 Å². The van der Waals surface area contributed by atoms with Gasteiger partial charge in [0.25, 0.3) is 0 Å². The summed E-state index contributed by atoms with van der Waals surface area (Å²) >= 11 is 0. The topological polar surface area (TPSA) is 52.6 Å². The molecular formula is C16H24N2O2. The second kappa shape index (κ2) is 6.86. The molecule has 4 nitrogen and oxygen atoms in total. The Kier molecular flexibility index (Phi) is 5.15. The standard InChI is InChI=1S/C16H24N2O2/c1-16(7-9-17-10-8-16)15(20)18(11-12-19)13-14-5-3-2-4-6-14/h2-6,17,19H,7-13H2,1H3. The first-order valence-corrected chi connectivity index (χ1v) is 7.30. The molecule has 1 saturated heterocycles. The monoisotopic (exact) mass is 276 g/mol. The Hall–Kier alpha value is -1.39. The Morgan fingerprint density at radius 2 is 1.95 bits per heavy atom. The van der Waals surface area contributed by atoms with Crippen LogP contribution >= 0.6 is 0 Å². The molecule has 1 heterocycles. The number of aliphatic hydroxyl groups excluding tert-OH is 1. The van der Waals surface area contributed by atoms with Crippen LogP contribution in [0.1, 0.15) is 25.3 Å². The predicted octanol–water partition coefficient (Wildman–Crippen LogP) is 1.40. The summed E-state index contributed by atoms with van der Waals surface area (Å²) in [5.74, 6) is 0.164.